The van der Waals surface area contributed by atoms with Gasteiger partial charge in [0.2, 0.25) is 0 Å². The first-order valence-electron chi connectivity index (χ1n) is 5.85. The Morgan fingerprint density at radius 2 is 1.69 bits per heavy atom. The fraction of sp³-hybridized carbons (Fsp3) is 0.538. The van der Waals surface area contributed by atoms with E-state index in [0.717, 1.165) is 12.8 Å². The van der Waals surface area contributed by atoms with Crippen molar-refractivity contribution < 1.29 is 8.78 Å². The Balaban J connectivity index is 2.48. The Morgan fingerprint density at radius 1 is 1.12 bits per heavy atom. The van der Waals surface area contributed by atoms with Crippen molar-refractivity contribution in [1.29, 1.82) is 0 Å². The minimum absolute atomic E-state index is 0.181. The summed E-state index contributed by atoms with van der Waals surface area (Å²) in [7, 11) is 0. The van der Waals surface area contributed by atoms with Gasteiger partial charge in [-0.3, -0.25) is 0 Å². The molecule has 1 aromatic rings. The zero-order chi connectivity index (χ0) is 12.0. The van der Waals surface area contributed by atoms with Crippen LogP contribution in [0.25, 0.3) is 0 Å². The van der Waals surface area contributed by atoms with Gasteiger partial charge in [0.25, 0.3) is 0 Å². The van der Waals surface area contributed by atoms with E-state index in [-0.39, 0.29) is 5.56 Å². The molecule has 3 heteroatoms. The maximum Gasteiger partial charge on any atom is 0.129 e. The molecule has 0 amide bonds. The van der Waals surface area contributed by atoms with Crippen LogP contribution < -0.4 is 5.32 Å². The molecule has 0 fully saturated rings. The van der Waals surface area contributed by atoms with E-state index < -0.39 is 11.6 Å². The smallest absolute Gasteiger partial charge is 0.129 e. The highest BCUT2D eigenvalue weighted by Gasteiger charge is 2.08. The molecule has 0 aliphatic carbocycles. The first kappa shape index (κ1) is 13.1. The summed E-state index contributed by atoms with van der Waals surface area (Å²) in [5.41, 5.74) is 0.181. The summed E-state index contributed by atoms with van der Waals surface area (Å²) >= 11 is 0. The van der Waals surface area contributed by atoms with Crippen LogP contribution in [0, 0.1) is 11.6 Å². The number of benzene rings is 1. The largest absolute Gasteiger partial charge is 0.314 e. The first-order chi connectivity index (χ1) is 7.69. The zero-order valence-corrected chi connectivity index (χ0v) is 9.89. The average Bonchev–Trinajstić information content (AvgIpc) is 2.28. The maximum absolute atomic E-state index is 13.3. The molecular formula is C13H19F2N. The van der Waals surface area contributed by atoms with Crippen LogP contribution in [0.5, 0.6) is 0 Å². The highest BCUT2D eigenvalue weighted by atomic mass is 19.1. The van der Waals surface area contributed by atoms with Crippen LogP contribution in [-0.2, 0) is 6.42 Å². The van der Waals surface area contributed by atoms with Crippen molar-refractivity contribution in [3.8, 4) is 0 Å². The van der Waals surface area contributed by atoms with E-state index >= 15 is 0 Å². The van der Waals surface area contributed by atoms with Gasteiger partial charge in [0.15, 0.2) is 0 Å². The van der Waals surface area contributed by atoms with Gasteiger partial charge >= 0.3 is 0 Å². The lowest BCUT2D eigenvalue weighted by atomic mass is 10.1. The minimum Gasteiger partial charge on any atom is -0.314 e. The van der Waals surface area contributed by atoms with Crippen LogP contribution in [0.1, 0.15) is 32.3 Å². The summed E-state index contributed by atoms with van der Waals surface area (Å²) in [6.45, 7) is 4.82. The molecule has 0 bridgehead atoms. The third kappa shape index (κ3) is 3.56. The van der Waals surface area contributed by atoms with Crippen LogP contribution >= 0.6 is 0 Å². The monoisotopic (exact) mass is 227 g/mol. The van der Waals surface area contributed by atoms with Crippen molar-refractivity contribution in [2.45, 2.75) is 39.2 Å². The van der Waals surface area contributed by atoms with Gasteiger partial charge in [-0.05, 0) is 37.9 Å². The molecule has 0 atom stereocenters. The van der Waals surface area contributed by atoms with Crippen LogP contribution in [0.15, 0.2) is 18.2 Å². The molecule has 16 heavy (non-hydrogen) atoms. The normalized spacial score (nSPS) is 11.1. The molecule has 0 aliphatic heterocycles. The topological polar surface area (TPSA) is 12.0 Å². The Kier molecular flexibility index (Phi) is 5.39. The highest BCUT2D eigenvalue weighted by molar-refractivity contribution is 5.19. The molecule has 0 spiro atoms. The van der Waals surface area contributed by atoms with Crippen LogP contribution in [0.3, 0.4) is 0 Å². The van der Waals surface area contributed by atoms with Gasteiger partial charge in [0, 0.05) is 11.6 Å². The van der Waals surface area contributed by atoms with E-state index in [1.54, 1.807) is 0 Å². The number of hydrogen-bond acceptors (Lipinski definition) is 1. The van der Waals surface area contributed by atoms with Crippen LogP contribution in [0.2, 0.25) is 0 Å². The van der Waals surface area contributed by atoms with Gasteiger partial charge in [0.1, 0.15) is 11.6 Å². The molecule has 1 N–H and O–H groups in total. The molecule has 1 rings (SSSR count). The van der Waals surface area contributed by atoms with Gasteiger partial charge in [-0.1, -0.05) is 19.9 Å². The summed E-state index contributed by atoms with van der Waals surface area (Å²) in [6, 6.07) is 4.43. The van der Waals surface area contributed by atoms with Gasteiger partial charge in [-0.25, -0.2) is 8.78 Å². The lowest BCUT2D eigenvalue weighted by Gasteiger charge is -2.14. The number of hydrogen-bond donors (Lipinski definition) is 1. The van der Waals surface area contributed by atoms with E-state index in [0.29, 0.717) is 19.0 Å². The molecule has 0 aromatic heterocycles. The molecule has 0 saturated carbocycles. The Hall–Kier alpha value is -0.960. The summed E-state index contributed by atoms with van der Waals surface area (Å²) in [4.78, 5) is 0. The fourth-order valence-electron chi connectivity index (χ4n) is 1.75. The summed E-state index contributed by atoms with van der Waals surface area (Å²) < 4.78 is 26.5. The SMILES string of the molecule is CCC(CC)NCCc1c(F)cccc1F. The Morgan fingerprint density at radius 3 is 2.19 bits per heavy atom. The number of halogens is 2. The molecule has 1 nitrogen and oxygen atoms in total. The number of rotatable bonds is 6. The molecule has 1 aromatic carbocycles. The second kappa shape index (κ2) is 6.59. The first-order valence-corrected chi connectivity index (χ1v) is 5.85. The summed E-state index contributed by atoms with van der Waals surface area (Å²) in [6.07, 6.45) is 2.47. The van der Waals surface area contributed by atoms with Crippen LogP contribution in [0.4, 0.5) is 8.78 Å². The van der Waals surface area contributed by atoms with E-state index in [9.17, 15) is 8.78 Å². The van der Waals surface area contributed by atoms with E-state index in [4.69, 9.17) is 0 Å². The number of nitrogens with one attached hydrogen (secondary N) is 1. The van der Waals surface area contributed by atoms with Crippen molar-refractivity contribution in [2.24, 2.45) is 0 Å². The van der Waals surface area contributed by atoms with Gasteiger partial charge in [-0.15, -0.1) is 0 Å². The molecule has 90 valence electrons. The second-order valence-corrected chi connectivity index (χ2v) is 3.92. The molecular weight excluding hydrogens is 208 g/mol. The van der Waals surface area contributed by atoms with Crippen molar-refractivity contribution >= 4 is 0 Å². The molecule has 0 heterocycles. The van der Waals surface area contributed by atoms with Gasteiger partial charge < -0.3 is 5.32 Å². The molecule has 0 radical (unpaired) electrons. The standard InChI is InChI=1S/C13H19F2N/c1-3-10(4-2)16-9-8-11-12(14)6-5-7-13(11)15/h5-7,10,16H,3-4,8-9H2,1-2H3. The molecule has 0 unspecified atom stereocenters. The van der Waals surface area contributed by atoms with E-state index in [2.05, 4.69) is 19.2 Å². The van der Waals surface area contributed by atoms with Gasteiger partial charge in [-0.2, -0.15) is 0 Å². The third-order valence-corrected chi connectivity index (χ3v) is 2.86. The van der Waals surface area contributed by atoms with Crippen molar-refractivity contribution in [3.63, 3.8) is 0 Å². The molecule has 0 saturated heterocycles. The molecule has 0 aliphatic rings. The van der Waals surface area contributed by atoms with Gasteiger partial charge in [0.05, 0.1) is 0 Å². The van der Waals surface area contributed by atoms with E-state index in [1.165, 1.54) is 18.2 Å². The Bertz CT molecular complexity index is 301. The Labute approximate surface area is 95.9 Å². The van der Waals surface area contributed by atoms with Crippen molar-refractivity contribution in [1.82, 2.24) is 5.32 Å². The predicted octanol–water partition coefficient (Wildman–Crippen LogP) is 3.29. The summed E-state index contributed by atoms with van der Waals surface area (Å²) in [5.74, 6) is -0.905. The van der Waals surface area contributed by atoms with Crippen molar-refractivity contribution in [2.75, 3.05) is 6.54 Å². The minimum atomic E-state index is -0.452. The average molecular weight is 227 g/mol. The predicted molar refractivity (Wildman–Crippen MR) is 62.4 cm³/mol. The maximum atomic E-state index is 13.3. The fourth-order valence-corrected chi connectivity index (χ4v) is 1.75. The van der Waals surface area contributed by atoms with Crippen LogP contribution in [-0.4, -0.2) is 12.6 Å². The highest BCUT2D eigenvalue weighted by Crippen LogP contribution is 2.12. The summed E-state index contributed by atoms with van der Waals surface area (Å²) in [5, 5.41) is 3.29. The second-order valence-electron chi connectivity index (χ2n) is 3.92. The quantitative estimate of drug-likeness (QED) is 0.786. The van der Waals surface area contributed by atoms with E-state index in [1.807, 2.05) is 0 Å². The zero-order valence-electron chi connectivity index (χ0n) is 9.89. The lowest BCUT2D eigenvalue weighted by Crippen LogP contribution is -2.29. The van der Waals surface area contributed by atoms with Crippen molar-refractivity contribution in [3.05, 3.63) is 35.4 Å². The third-order valence-electron chi connectivity index (χ3n) is 2.86. The lowest BCUT2D eigenvalue weighted by molar-refractivity contribution is 0.477.